The average molecular weight is 242 g/mol. The van der Waals surface area contributed by atoms with Crippen LogP contribution in [-0.2, 0) is 0 Å². The molecule has 0 aliphatic rings. The summed E-state index contributed by atoms with van der Waals surface area (Å²) in [6, 6.07) is 11.9. The summed E-state index contributed by atoms with van der Waals surface area (Å²) in [5, 5.41) is 12.5. The molecule has 0 fully saturated rings. The highest BCUT2D eigenvalue weighted by Gasteiger charge is 2.12. The number of nitrogens with one attached hydrogen (secondary N) is 1. The van der Waals surface area contributed by atoms with Crippen LogP contribution in [0.4, 0.5) is 11.4 Å². The molecule has 0 saturated carbocycles. The number of phenols is 1. The van der Waals surface area contributed by atoms with Crippen molar-refractivity contribution in [3.05, 3.63) is 53.6 Å². The van der Waals surface area contributed by atoms with Crippen LogP contribution in [0.3, 0.4) is 0 Å². The highest BCUT2D eigenvalue weighted by Crippen LogP contribution is 2.22. The highest BCUT2D eigenvalue weighted by atomic mass is 16.3. The lowest BCUT2D eigenvalue weighted by Gasteiger charge is -2.08. The molecular weight excluding hydrogens is 228 g/mol. The van der Waals surface area contributed by atoms with Crippen LogP contribution in [0.2, 0.25) is 0 Å². The van der Waals surface area contributed by atoms with Crippen LogP contribution < -0.4 is 11.1 Å². The fourth-order valence-corrected chi connectivity index (χ4v) is 1.61. The van der Waals surface area contributed by atoms with Gasteiger partial charge in [-0.15, -0.1) is 0 Å². The van der Waals surface area contributed by atoms with Crippen LogP contribution in [0.25, 0.3) is 0 Å². The van der Waals surface area contributed by atoms with Gasteiger partial charge in [0, 0.05) is 11.4 Å². The van der Waals surface area contributed by atoms with E-state index in [1.165, 1.54) is 0 Å². The number of amides is 1. The Labute approximate surface area is 105 Å². The molecule has 1 amide bonds. The molecule has 0 heterocycles. The van der Waals surface area contributed by atoms with Crippen molar-refractivity contribution in [2.45, 2.75) is 6.92 Å². The fraction of sp³-hybridized carbons (Fsp3) is 0.0714. The molecule has 0 bridgehead atoms. The van der Waals surface area contributed by atoms with Crippen molar-refractivity contribution in [2.75, 3.05) is 11.1 Å². The molecule has 2 aromatic carbocycles. The highest BCUT2D eigenvalue weighted by molar-refractivity contribution is 6.06. The smallest absolute Gasteiger partial charge is 0.259 e. The molecule has 4 nitrogen and oxygen atoms in total. The first-order valence-corrected chi connectivity index (χ1v) is 5.53. The van der Waals surface area contributed by atoms with E-state index in [1.54, 1.807) is 49.4 Å². The largest absolute Gasteiger partial charge is 0.507 e. The number of hydrogen-bond acceptors (Lipinski definition) is 3. The molecule has 92 valence electrons. The maximum atomic E-state index is 12.0. The van der Waals surface area contributed by atoms with Crippen LogP contribution in [0.15, 0.2) is 42.5 Å². The monoisotopic (exact) mass is 242 g/mol. The van der Waals surface area contributed by atoms with Crippen LogP contribution in [0.5, 0.6) is 5.75 Å². The Balaban J connectivity index is 2.22. The van der Waals surface area contributed by atoms with Crippen LogP contribution in [-0.4, -0.2) is 11.0 Å². The molecule has 4 heteroatoms. The topological polar surface area (TPSA) is 75.4 Å². The summed E-state index contributed by atoms with van der Waals surface area (Å²) in [5.41, 5.74) is 7.75. The van der Waals surface area contributed by atoms with Crippen molar-refractivity contribution < 1.29 is 9.90 Å². The average Bonchev–Trinajstić information content (AvgIpc) is 2.35. The van der Waals surface area contributed by atoms with Crippen molar-refractivity contribution in [1.82, 2.24) is 0 Å². The standard InChI is InChI=1S/C14H14N2O2/c1-9-3-2-4-12(13(9)17)14(18)16-11-7-5-10(15)6-8-11/h2-8,17H,15H2,1H3,(H,16,18). The number of nitrogen functional groups attached to an aromatic ring is 1. The number of carbonyl (C=O) groups excluding carboxylic acids is 1. The molecule has 18 heavy (non-hydrogen) atoms. The van der Waals surface area contributed by atoms with Gasteiger partial charge in [0.05, 0.1) is 5.56 Å². The summed E-state index contributed by atoms with van der Waals surface area (Å²) in [6.45, 7) is 1.75. The molecule has 4 N–H and O–H groups in total. The van der Waals surface area contributed by atoms with Gasteiger partial charge in [-0.2, -0.15) is 0 Å². The van der Waals surface area contributed by atoms with E-state index in [2.05, 4.69) is 5.32 Å². The second-order valence-corrected chi connectivity index (χ2v) is 4.05. The molecule has 0 aliphatic carbocycles. The second-order valence-electron chi connectivity index (χ2n) is 4.05. The van der Waals surface area contributed by atoms with Gasteiger partial charge in [-0.3, -0.25) is 4.79 Å². The van der Waals surface area contributed by atoms with Gasteiger partial charge in [-0.1, -0.05) is 12.1 Å². The lowest BCUT2D eigenvalue weighted by molar-refractivity contribution is 0.102. The number of aryl methyl sites for hydroxylation is 1. The van der Waals surface area contributed by atoms with E-state index in [9.17, 15) is 9.90 Å². The van der Waals surface area contributed by atoms with Gasteiger partial charge in [0.1, 0.15) is 5.75 Å². The van der Waals surface area contributed by atoms with Gasteiger partial charge in [0.15, 0.2) is 0 Å². The number of phenolic OH excluding ortho intramolecular Hbond substituents is 1. The normalized spacial score (nSPS) is 10.1. The molecule has 0 unspecified atom stereocenters. The number of nitrogens with two attached hydrogens (primary N) is 1. The van der Waals surface area contributed by atoms with E-state index in [0.29, 0.717) is 16.9 Å². The Hall–Kier alpha value is -2.49. The SMILES string of the molecule is Cc1cccc(C(=O)Nc2ccc(N)cc2)c1O. The maximum absolute atomic E-state index is 12.0. The Bertz CT molecular complexity index is 577. The van der Waals surface area contributed by atoms with Gasteiger partial charge >= 0.3 is 0 Å². The zero-order valence-electron chi connectivity index (χ0n) is 9.97. The van der Waals surface area contributed by atoms with Crippen molar-refractivity contribution >= 4 is 17.3 Å². The quantitative estimate of drug-likeness (QED) is 0.708. The predicted octanol–water partition coefficient (Wildman–Crippen LogP) is 2.54. The lowest BCUT2D eigenvalue weighted by Crippen LogP contribution is -2.12. The number of anilines is 2. The number of hydrogen-bond donors (Lipinski definition) is 3. The van der Waals surface area contributed by atoms with E-state index < -0.39 is 0 Å². The van der Waals surface area contributed by atoms with Gasteiger partial charge in [0.2, 0.25) is 0 Å². The van der Waals surface area contributed by atoms with Gasteiger partial charge in [-0.25, -0.2) is 0 Å². The van der Waals surface area contributed by atoms with Crippen molar-refractivity contribution in [2.24, 2.45) is 0 Å². The third-order valence-electron chi connectivity index (χ3n) is 2.65. The summed E-state index contributed by atoms with van der Waals surface area (Å²) < 4.78 is 0. The summed E-state index contributed by atoms with van der Waals surface area (Å²) in [6.07, 6.45) is 0. The van der Waals surface area contributed by atoms with Crippen LogP contribution >= 0.6 is 0 Å². The molecule has 2 rings (SSSR count). The number of aromatic hydroxyl groups is 1. The molecule has 0 atom stereocenters. The first kappa shape index (κ1) is 12.0. The molecule has 0 saturated heterocycles. The first-order chi connectivity index (χ1) is 8.58. The van der Waals surface area contributed by atoms with E-state index >= 15 is 0 Å². The number of rotatable bonds is 2. The predicted molar refractivity (Wildman–Crippen MR) is 71.7 cm³/mol. The first-order valence-electron chi connectivity index (χ1n) is 5.53. The zero-order chi connectivity index (χ0) is 13.1. The van der Waals surface area contributed by atoms with E-state index in [1.807, 2.05) is 0 Å². The molecule has 0 spiro atoms. The van der Waals surface area contributed by atoms with Gasteiger partial charge < -0.3 is 16.2 Å². The van der Waals surface area contributed by atoms with Crippen molar-refractivity contribution in [3.8, 4) is 5.75 Å². The number of benzene rings is 2. The van der Waals surface area contributed by atoms with Crippen molar-refractivity contribution in [3.63, 3.8) is 0 Å². The van der Waals surface area contributed by atoms with Crippen molar-refractivity contribution in [1.29, 1.82) is 0 Å². The third-order valence-corrected chi connectivity index (χ3v) is 2.65. The Morgan fingerprint density at radius 1 is 1.17 bits per heavy atom. The number of para-hydroxylation sites is 1. The summed E-state index contributed by atoms with van der Waals surface area (Å²) in [4.78, 5) is 12.0. The minimum atomic E-state index is -0.346. The second kappa shape index (κ2) is 4.79. The summed E-state index contributed by atoms with van der Waals surface area (Å²) >= 11 is 0. The number of carbonyl (C=O) groups is 1. The third kappa shape index (κ3) is 2.43. The molecular formula is C14H14N2O2. The summed E-state index contributed by atoms with van der Waals surface area (Å²) in [5.74, 6) is -0.341. The van der Waals surface area contributed by atoms with Gasteiger partial charge in [-0.05, 0) is 42.8 Å². The van der Waals surface area contributed by atoms with E-state index in [0.717, 1.165) is 0 Å². The van der Waals surface area contributed by atoms with Gasteiger partial charge in [0.25, 0.3) is 5.91 Å². The zero-order valence-corrected chi connectivity index (χ0v) is 9.97. The minimum absolute atomic E-state index is 0.00504. The minimum Gasteiger partial charge on any atom is -0.507 e. The molecule has 0 aromatic heterocycles. The van der Waals surface area contributed by atoms with E-state index in [4.69, 9.17) is 5.73 Å². The fourth-order valence-electron chi connectivity index (χ4n) is 1.61. The Kier molecular flexibility index (Phi) is 3.19. The molecule has 0 aliphatic heterocycles. The Morgan fingerprint density at radius 2 is 1.83 bits per heavy atom. The molecule has 0 radical (unpaired) electrons. The Morgan fingerprint density at radius 3 is 2.50 bits per heavy atom. The lowest BCUT2D eigenvalue weighted by atomic mass is 10.1. The van der Waals surface area contributed by atoms with Crippen LogP contribution in [0, 0.1) is 6.92 Å². The van der Waals surface area contributed by atoms with Crippen LogP contribution in [0.1, 0.15) is 15.9 Å². The van der Waals surface area contributed by atoms with E-state index in [-0.39, 0.29) is 17.2 Å². The molecule has 2 aromatic rings. The maximum Gasteiger partial charge on any atom is 0.259 e. The summed E-state index contributed by atoms with van der Waals surface area (Å²) in [7, 11) is 0.